The molecule has 0 saturated carbocycles. The number of hydrogen-bond acceptors (Lipinski definition) is 3. The molecule has 0 aliphatic heterocycles. The minimum Gasteiger partial charge on any atom is -0.481 e. The molecule has 2 aromatic rings. The largest absolute Gasteiger partial charge is 0.481 e. The Labute approximate surface area is 141 Å². The average Bonchev–Trinajstić information content (AvgIpc) is 2.60. The highest BCUT2D eigenvalue weighted by atomic mass is 16.4. The number of amides is 2. The van der Waals surface area contributed by atoms with E-state index in [-0.39, 0.29) is 12.6 Å². The molecule has 126 valence electrons. The monoisotopic (exact) mass is 327 g/mol. The third kappa shape index (κ3) is 4.81. The molecule has 0 aliphatic rings. The summed E-state index contributed by atoms with van der Waals surface area (Å²) in [4.78, 5) is 28.6. The van der Waals surface area contributed by atoms with Crippen LogP contribution >= 0.6 is 0 Å². The minimum atomic E-state index is -0.919. The number of aromatic nitrogens is 1. The van der Waals surface area contributed by atoms with Gasteiger partial charge in [-0.25, -0.2) is 4.79 Å². The highest BCUT2D eigenvalue weighted by Gasteiger charge is 2.17. The maximum absolute atomic E-state index is 12.0. The lowest BCUT2D eigenvalue weighted by Crippen LogP contribution is -2.40. The molecule has 0 radical (unpaired) electrons. The van der Waals surface area contributed by atoms with E-state index in [1.165, 1.54) is 4.90 Å². The smallest absolute Gasteiger partial charge is 0.317 e. The number of carbonyl (C=O) groups excluding carboxylic acids is 1. The SMILES string of the molecule is CC(CN(C)C(=O)NCc1cccc(-c2ccccn2)c1)C(=O)O. The van der Waals surface area contributed by atoms with Crippen LogP contribution in [0.25, 0.3) is 11.3 Å². The Morgan fingerprint density at radius 1 is 1.25 bits per heavy atom. The van der Waals surface area contributed by atoms with Gasteiger partial charge in [0.25, 0.3) is 0 Å². The van der Waals surface area contributed by atoms with Crippen molar-refractivity contribution in [2.24, 2.45) is 5.92 Å². The lowest BCUT2D eigenvalue weighted by molar-refractivity contribution is -0.141. The van der Waals surface area contributed by atoms with Crippen LogP contribution < -0.4 is 5.32 Å². The van der Waals surface area contributed by atoms with Crippen molar-refractivity contribution in [2.45, 2.75) is 13.5 Å². The fraction of sp³-hybridized carbons (Fsp3) is 0.278. The second-order valence-electron chi connectivity index (χ2n) is 5.69. The zero-order chi connectivity index (χ0) is 17.5. The lowest BCUT2D eigenvalue weighted by atomic mass is 10.1. The number of benzene rings is 1. The number of carboxylic acids is 1. The first kappa shape index (κ1) is 17.5. The van der Waals surface area contributed by atoms with Crippen molar-refractivity contribution in [1.82, 2.24) is 15.2 Å². The van der Waals surface area contributed by atoms with Crippen LogP contribution in [0.15, 0.2) is 48.7 Å². The van der Waals surface area contributed by atoms with Crippen LogP contribution in [-0.4, -0.2) is 40.6 Å². The van der Waals surface area contributed by atoms with Crippen LogP contribution in [-0.2, 0) is 11.3 Å². The number of hydrogen-bond donors (Lipinski definition) is 2. The zero-order valence-corrected chi connectivity index (χ0v) is 13.8. The summed E-state index contributed by atoms with van der Waals surface area (Å²) in [6.45, 7) is 2.10. The number of nitrogens with one attached hydrogen (secondary N) is 1. The van der Waals surface area contributed by atoms with Crippen LogP contribution in [0.3, 0.4) is 0 Å². The normalized spacial score (nSPS) is 11.6. The van der Waals surface area contributed by atoms with Crippen molar-refractivity contribution in [3.63, 3.8) is 0 Å². The van der Waals surface area contributed by atoms with Gasteiger partial charge in [0.1, 0.15) is 0 Å². The van der Waals surface area contributed by atoms with Crippen LogP contribution in [0.5, 0.6) is 0 Å². The second kappa shape index (κ2) is 8.10. The summed E-state index contributed by atoms with van der Waals surface area (Å²) in [5.41, 5.74) is 2.81. The van der Waals surface area contributed by atoms with Crippen molar-refractivity contribution < 1.29 is 14.7 Å². The summed E-state index contributed by atoms with van der Waals surface area (Å²) in [5.74, 6) is -1.52. The molecule has 0 spiro atoms. The molecule has 6 nitrogen and oxygen atoms in total. The topological polar surface area (TPSA) is 82.5 Å². The van der Waals surface area contributed by atoms with E-state index in [1.807, 2.05) is 42.5 Å². The molecule has 2 amide bonds. The van der Waals surface area contributed by atoms with Crippen molar-refractivity contribution in [3.8, 4) is 11.3 Å². The van der Waals surface area contributed by atoms with Crippen LogP contribution in [0.2, 0.25) is 0 Å². The van der Waals surface area contributed by atoms with Crippen LogP contribution in [0.4, 0.5) is 4.79 Å². The van der Waals surface area contributed by atoms with E-state index in [0.29, 0.717) is 6.54 Å². The maximum Gasteiger partial charge on any atom is 0.317 e. The summed E-state index contributed by atoms with van der Waals surface area (Å²) in [6.07, 6.45) is 1.74. The van der Waals surface area contributed by atoms with E-state index >= 15 is 0 Å². The number of urea groups is 1. The third-order valence-electron chi connectivity index (χ3n) is 3.65. The number of carbonyl (C=O) groups is 2. The molecule has 6 heteroatoms. The maximum atomic E-state index is 12.0. The Morgan fingerprint density at radius 2 is 2.04 bits per heavy atom. The van der Waals surface area contributed by atoms with E-state index in [2.05, 4.69) is 10.3 Å². The summed E-state index contributed by atoms with van der Waals surface area (Å²) >= 11 is 0. The van der Waals surface area contributed by atoms with Gasteiger partial charge >= 0.3 is 12.0 Å². The molecule has 24 heavy (non-hydrogen) atoms. The molecule has 0 fully saturated rings. The van der Waals surface area contributed by atoms with E-state index < -0.39 is 11.9 Å². The number of pyridine rings is 1. The van der Waals surface area contributed by atoms with Gasteiger partial charge < -0.3 is 15.3 Å². The molecule has 1 aromatic carbocycles. The predicted molar refractivity (Wildman–Crippen MR) is 91.3 cm³/mol. The van der Waals surface area contributed by atoms with Gasteiger partial charge in [0, 0.05) is 31.9 Å². The molecule has 2 N–H and O–H groups in total. The number of rotatable bonds is 6. The standard InChI is InChI=1S/C18H21N3O3/c1-13(17(22)23)12-21(2)18(24)20-11-14-6-5-7-15(10-14)16-8-3-4-9-19-16/h3-10,13H,11-12H2,1-2H3,(H,20,24)(H,22,23). The van der Waals surface area contributed by atoms with Crippen molar-refractivity contribution >= 4 is 12.0 Å². The zero-order valence-electron chi connectivity index (χ0n) is 13.8. The first-order valence-corrected chi connectivity index (χ1v) is 7.69. The highest BCUT2D eigenvalue weighted by molar-refractivity contribution is 5.75. The predicted octanol–water partition coefficient (Wildman–Crippen LogP) is 2.61. The van der Waals surface area contributed by atoms with Crippen molar-refractivity contribution in [1.29, 1.82) is 0 Å². The van der Waals surface area contributed by atoms with E-state index in [9.17, 15) is 9.59 Å². The third-order valence-corrected chi connectivity index (χ3v) is 3.65. The fourth-order valence-electron chi connectivity index (χ4n) is 2.26. The Kier molecular flexibility index (Phi) is 5.89. The highest BCUT2D eigenvalue weighted by Crippen LogP contribution is 2.17. The molecule has 1 heterocycles. The Balaban J connectivity index is 1.95. The first-order chi connectivity index (χ1) is 11.5. The second-order valence-corrected chi connectivity index (χ2v) is 5.69. The summed E-state index contributed by atoms with van der Waals surface area (Å²) < 4.78 is 0. The molecule has 1 unspecified atom stereocenters. The van der Waals surface area contributed by atoms with Gasteiger partial charge in [-0.05, 0) is 23.8 Å². The van der Waals surface area contributed by atoms with E-state index in [1.54, 1.807) is 20.2 Å². The van der Waals surface area contributed by atoms with E-state index in [4.69, 9.17) is 5.11 Å². The first-order valence-electron chi connectivity index (χ1n) is 7.69. The molecule has 2 rings (SSSR count). The Morgan fingerprint density at radius 3 is 2.71 bits per heavy atom. The van der Waals surface area contributed by atoms with Crippen molar-refractivity contribution in [3.05, 3.63) is 54.2 Å². The Bertz CT molecular complexity index is 704. The van der Waals surface area contributed by atoms with Crippen molar-refractivity contribution in [2.75, 3.05) is 13.6 Å². The molecule has 0 saturated heterocycles. The molecule has 1 atom stereocenters. The van der Waals surface area contributed by atoms with Gasteiger partial charge in [0.2, 0.25) is 0 Å². The van der Waals surface area contributed by atoms with E-state index in [0.717, 1.165) is 16.8 Å². The summed E-state index contributed by atoms with van der Waals surface area (Å²) in [5, 5.41) is 11.7. The minimum absolute atomic E-state index is 0.162. The molecular formula is C18H21N3O3. The summed E-state index contributed by atoms with van der Waals surface area (Å²) in [6, 6.07) is 13.2. The fourth-order valence-corrected chi connectivity index (χ4v) is 2.26. The lowest BCUT2D eigenvalue weighted by Gasteiger charge is -2.20. The molecular weight excluding hydrogens is 306 g/mol. The molecule has 0 aliphatic carbocycles. The number of carboxylic acid groups (broad SMARTS) is 1. The van der Waals surface area contributed by atoms with Gasteiger partial charge in [-0.1, -0.05) is 31.2 Å². The van der Waals surface area contributed by atoms with Gasteiger partial charge in [-0.2, -0.15) is 0 Å². The number of aliphatic carboxylic acids is 1. The molecule has 0 bridgehead atoms. The molecule has 1 aromatic heterocycles. The van der Waals surface area contributed by atoms with Gasteiger partial charge in [-0.3, -0.25) is 9.78 Å². The average molecular weight is 327 g/mol. The van der Waals surface area contributed by atoms with Gasteiger partial charge in [-0.15, -0.1) is 0 Å². The summed E-state index contributed by atoms with van der Waals surface area (Å²) in [7, 11) is 1.58. The van der Waals surface area contributed by atoms with Gasteiger partial charge in [0.15, 0.2) is 0 Å². The van der Waals surface area contributed by atoms with Crippen LogP contribution in [0.1, 0.15) is 12.5 Å². The number of nitrogens with zero attached hydrogens (tertiary/aromatic N) is 2. The Hall–Kier alpha value is -2.89. The quantitative estimate of drug-likeness (QED) is 0.854. The van der Waals surface area contributed by atoms with Crippen LogP contribution in [0, 0.1) is 5.92 Å². The van der Waals surface area contributed by atoms with Gasteiger partial charge in [0.05, 0.1) is 11.6 Å².